The topological polar surface area (TPSA) is 27.7 Å². The Morgan fingerprint density at radius 2 is 1.50 bits per heavy atom. The van der Waals surface area contributed by atoms with Gasteiger partial charge in [-0.1, -0.05) is 40.7 Å². The molecule has 0 fully saturated rings. The number of hydrogen-bond donors (Lipinski definition) is 1. The standard InChI is InChI=1S/C24H30O3S.C2H6/c1-4-6-16-25-22-12-8-20(9-13-22)19(3)27-23-14-10-21(11-15-23)24(7-5-2)26-17-18-28;1-2/h7-15,28H,3-6,16-18H2,1-2H3;1-2H3/b24-7+;. The number of thiol groups is 1. The average molecular weight is 429 g/mol. The fourth-order valence-corrected chi connectivity index (χ4v) is 2.65. The first-order valence-corrected chi connectivity index (χ1v) is 11.4. The van der Waals surface area contributed by atoms with Crippen molar-refractivity contribution < 1.29 is 14.2 Å². The van der Waals surface area contributed by atoms with Crippen LogP contribution >= 0.6 is 12.6 Å². The zero-order valence-electron chi connectivity index (χ0n) is 18.8. The van der Waals surface area contributed by atoms with E-state index in [1.807, 2.05) is 62.4 Å². The van der Waals surface area contributed by atoms with Crippen LogP contribution < -0.4 is 9.47 Å². The van der Waals surface area contributed by atoms with Crippen molar-refractivity contribution in [1.29, 1.82) is 0 Å². The third-order valence-electron chi connectivity index (χ3n) is 4.06. The van der Waals surface area contributed by atoms with E-state index in [2.05, 4.69) is 39.1 Å². The first-order chi connectivity index (χ1) is 14.7. The van der Waals surface area contributed by atoms with E-state index in [0.717, 1.165) is 54.3 Å². The molecule has 164 valence electrons. The number of hydrogen-bond acceptors (Lipinski definition) is 4. The van der Waals surface area contributed by atoms with E-state index in [1.165, 1.54) is 0 Å². The van der Waals surface area contributed by atoms with E-state index in [1.54, 1.807) is 0 Å². The van der Waals surface area contributed by atoms with Crippen molar-refractivity contribution in [3.05, 3.63) is 72.3 Å². The molecule has 0 amide bonds. The highest BCUT2D eigenvalue weighted by Gasteiger charge is 2.06. The largest absolute Gasteiger partial charge is 0.494 e. The normalized spacial score (nSPS) is 10.6. The summed E-state index contributed by atoms with van der Waals surface area (Å²) in [5, 5.41) is 0. The Labute approximate surface area is 188 Å². The third kappa shape index (κ3) is 9.00. The smallest absolute Gasteiger partial charge is 0.127 e. The monoisotopic (exact) mass is 428 g/mol. The molecule has 0 radical (unpaired) electrons. The van der Waals surface area contributed by atoms with Gasteiger partial charge in [-0.2, -0.15) is 12.6 Å². The van der Waals surface area contributed by atoms with Gasteiger partial charge in [0.15, 0.2) is 0 Å². The SMILES string of the molecule is C=C(Oc1ccc(/C(=C\CC)OCCS)cc1)c1ccc(OCCCC)cc1.CC. The molecule has 2 aromatic carbocycles. The molecule has 30 heavy (non-hydrogen) atoms. The van der Waals surface area contributed by atoms with Gasteiger partial charge in [0.1, 0.15) is 23.0 Å². The summed E-state index contributed by atoms with van der Waals surface area (Å²) in [5.74, 6) is 3.77. The Balaban J connectivity index is 0.00000218. The summed E-state index contributed by atoms with van der Waals surface area (Å²) in [6.07, 6.45) is 5.17. The zero-order chi connectivity index (χ0) is 22.2. The van der Waals surface area contributed by atoms with Gasteiger partial charge in [-0.3, -0.25) is 0 Å². The Hall–Kier alpha value is -2.33. The molecule has 0 unspecified atom stereocenters. The molecular weight excluding hydrogens is 392 g/mol. The number of benzene rings is 2. The third-order valence-corrected chi connectivity index (χ3v) is 4.24. The van der Waals surface area contributed by atoms with Crippen LogP contribution in [0.25, 0.3) is 11.5 Å². The van der Waals surface area contributed by atoms with Crippen molar-refractivity contribution in [3.63, 3.8) is 0 Å². The van der Waals surface area contributed by atoms with Crippen LogP contribution in [0.2, 0.25) is 0 Å². The van der Waals surface area contributed by atoms with Crippen LogP contribution in [0.5, 0.6) is 11.5 Å². The van der Waals surface area contributed by atoms with Crippen LogP contribution in [-0.4, -0.2) is 19.0 Å². The molecule has 0 N–H and O–H groups in total. The van der Waals surface area contributed by atoms with Crippen LogP contribution in [0.4, 0.5) is 0 Å². The molecule has 0 heterocycles. The van der Waals surface area contributed by atoms with Crippen LogP contribution in [0.3, 0.4) is 0 Å². The first-order valence-electron chi connectivity index (χ1n) is 10.8. The van der Waals surface area contributed by atoms with Crippen molar-refractivity contribution >= 4 is 24.1 Å². The second-order valence-electron chi connectivity index (χ2n) is 6.32. The van der Waals surface area contributed by atoms with E-state index in [-0.39, 0.29) is 0 Å². The molecule has 0 aromatic heterocycles. The highest BCUT2D eigenvalue weighted by Crippen LogP contribution is 2.25. The highest BCUT2D eigenvalue weighted by atomic mass is 32.1. The predicted octanol–water partition coefficient (Wildman–Crippen LogP) is 7.64. The van der Waals surface area contributed by atoms with E-state index >= 15 is 0 Å². The van der Waals surface area contributed by atoms with Crippen molar-refractivity contribution in [3.8, 4) is 11.5 Å². The summed E-state index contributed by atoms with van der Waals surface area (Å²) in [6.45, 7) is 13.6. The van der Waals surface area contributed by atoms with Gasteiger partial charge in [-0.25, -0.2) is 0 Å². The number of allylic oxidation sites excluding steroid dienone is 1. The van der Waals surface area contributed by atoms with E-state index in [4.69, 9.17) is 14.2 Å². The zero-order valence-corrected chi connectivity index (χ0v) is 19.7. The van der Waals surface area contributed by atoms with Gasteiger partial charge in [-0.05, 0) is 67.4 Å². The fourth-order valence-electron chi connectivity index (χ4n) is 2.56. The Morgan fingerprint density at radius 1 is 0.900 bits per heavy atom. The van der Waals surface area contributed by atoms with Crippen molar-refractivity contribution in [2.45, 2.75) is 47.0 Å². The minimum absolute atomic E-state index is 0.585. The van der Waals surface area contributed by atoms with Gasteiger partial charge in [0.2, 0.25) is 0 Å². The van der Waals surface area contributed by atoms with Gasteiger partial charge >= 0.3 is 0 Å². The molecule has 0 saturated heterocycles. The van der Waals surface area contributed by atoms with Crippen LogP contribution in [0.15, 0.2) is 61.2 Å². The summed E-state index contributed by atoms with van der Waals surface area (Å²) >= 11 is 4.20. The van der Waals surface area contributed by atoms with Crippen molar-refractivity contribution in [2.24, 2.45) is 0 Å². The predicted molar refractivity (Wildman–Crippen MR) is 132 cm³/mol. The molecule has 0 aliphatic carbocycles. The molecule has 0 aliphatic rings. The molecule has 0 atom stereocenters. The van der Waals surface area contributed by atoms with Gasteiger partial charge < -0.3 is 14.2 Å². The molecule has 4 heteroatoms. The van der Waals surface area contributed by atoms with E-state index in [0.29, 0.717) is 18.1 Å². The van der Waals surface area contributed by atoms with Gasteiger partial charge in [0.05, 0.1) is 13.2 Å². The van der Waals surface area contributed by atoms with Crippen LogP contribution in [0, 0.1) is 0 Å². The van der Waals surface area contributed by atoms with Crippen molar-refractivity contribution in [1.82, 2.24) is 0 Å². The molecule has 2 rings (SSSR count). The summed E-state index contributed by atoms with van der Waals surface area (Å²) in [5.41, 5.74) is 1.95. The Kier molecular flexibility index (Phi) is 13.3. The number of rotatable bonds is 12. The minimum Gasteiger partial charge on any atom is -0.494 e. The lowest BCUT2D eigenvalue weighted by molar-refractivity contribution is 0.301. The van der Waals surface area contributed by atoms with Crippen molar-refractivity contribution in [2.75, 3.05) is 19.0 Å². The summed E-state index contributed by atoms with van der Waals surface area (Å²) in [6, 6.07) is 15.7. The maximum atomic E-state index is 5.91. The Bertz CT molecular complexity index is 749. The summed E-state index contributed by atoms with van der Waals surface area (Å²) < 4.78 is 17.4. The summed E-state index contributed by atoms with van der Waals surface area (Å²) in [7, 11) is 0. The molecular formula is C26H36O3S. The lowest BCUT2D eigenvalue weighted by atomic mass is 10.1. The first kappa shape index (κ1) is 25.7. The number of unbranched alkanes of at least 4 members (excludes halogenated alkanes) is 1. The van der Waals surface area contributed by atoms with Gasteiger partial charge in [0.25, 0.3) is 0 Å². The lowest BCUT2D eigenvalue weighted by Gasteiger charge is -2.12. The maximum Gasteiger partial charge on any atom is 0.127 e. The molecule has 3 nitrogen and oxygen atoms in total. The van der Waals surface area contributed by atoms with Crippen LogP contribution in [0.1, 0.15) is 58.1 Å². The average Bonchev–Trinajstić information content (AvgIpc) is 2.79. The molecule has 0 aliphatic heterocycles. The Morgan fingerprint density at radius 3 is 2.07 bits per heavy atom. The molecule has 0 bridgehead atoms. The van der Waals surface area contributed by atoms with Crippen LogP contribution in [-0.2, 0) is 4.74 Å². The molecule has 0 saturated carbocycles. The highest BCUT2D eigenvalue weighted by molar-refractivity contribution is 7.80. The quantitative estimate of drug-likeness (QED) is 0.214. The molecule has 0 spiro atoms. The lowest BCUT2D eigenvalue weighted by Crippen LogP contribution is -1.98. The second kappa shape index (κ2) is 15.5. The number of ether oxygens (including phenoxy) is 3. The fraction of sp³-hybridized carbons (Fsp3) is 0.385. The second-order valence-corrected chi connectivity index (χ2v) is 6.77. The van der Waals surface area contributed by atoms with Gasteiger partial charge in [-0.15, -0.1) is 0 Å². The van der Waals surface area contributed by atoms with E-state index < -0.39 is 0 Å². The summed E-state index contributed by atoms with van der Waals surface area (Å²) in [4.78, 5) is 0. The van der Waals surface area contributed by atoms with Gasteiger partial charge in [0, 0.05) is 16.9 Å². The molecule has 2 aromatic rings. The minimum atomic E-state index is 0.585. The van der Waals surface area contributed by atoms with E-state index in [9.17, 15) is 0 Å². The maximum absolute atomic E-state index is 5.91.